The van der Waals surface area contributed by atoms with E-state index in [0.29, 0.717) is 0 Å². The van der Waals surface area contributed by atoms with Crippen LogP contribution >= 0.6 is 0 Å². The Balaban J connectivity index is 0.962. The molecule has 0 atom stereocenters. The molecule has 0 saturated carbocycles. The number of benzene rings is 9. The fraction of sp³-hybridized carbons (Fsp3) is 0.372. The van der Waals surface area contributed by atoms with Gasteiger partial charge in [-0.25, -0.2) is 0 Å². The van der Waals surface area contributed by atoms with Crippen molar-refractivity contribution >= 4 is 96.0 Å². The molecule has 0 unspecified atom stereocenters. The van der Waals surface area contributed by atoms with E-state index in [0.717, 1.165) is 72.9 Å². The lowest BCUT2D eigenvalue weighted by molar-refractivity contribution is 0.332. The van der Waals surface area contributed by atoms with Crippen molar-refractivity contribution < 1.29 is 4.42 Å². The molecule has 0 spiro atoms. The molecule has 0 saturated heterocycles. The Morgan fingerprint density at radius 1 is 0.352 bits per heavy atom. The largest absolute Gasteiger partial charge is 0.456 e. The third kappa shape index (κ3) is 10.3. The highest BCUT2D eigenvalue weighted by molar-refractivity contribution is 7.00. The highest BCUT2D eigenvalue weighted by Gasteiger charge is 2.46. The van der Waals surface area contributed by atoms with Gasteiger partial charge in [-0.05, 0) is 300 Å². The lowest BCUT2D eigenvalue weighted by Crippen LogP contribution is -2.61. The molecule has 5 aliphatic carbocycles. The van der Waals surface area contributed by atoms with E-state index in [1.54, 1.807) is 44.5 Å². The zero-order valence-electron chi connectivity index (χ0n) is 54.7. The summed E-state index contributed by atoms with van der Waals surface area (Å²) in [4.78, 5) is 8.28. The first-order valence-electron chi connectivity index (χ1n) is 35.9. The topological polar surface area (TPSA) is 22.9 Å². The molecule has 0 N–H and O–H groups in total. The molecule has 458 valence electrons. The first-order chi connectivity index (χ1) is 44.6. The van der Waals surface area contributed by atoms with Gasteiger partial charge in [0.15, 0.2) is 0 Å². The molecule has 4 nitrogen and oxygen atoms in total. The summed E-state index contributed by atoms with van der Waals surface area (Å²) in [6.07, 6.45) is 32.1. The summed E-state index contributed by atoms with van der Waals surface area (Å²) in [5.74, 6) is 0.903. The van der Waals surface area contributed by atoms with Gasteiger partial charge in [0.25, 0.3) is 6.71 Å². The number of hydrogen-bond acceptors (Lipinski definition) is 4. The number of nitrogens with zero attached hydrogens (tertiary/aromatic N) is 3. The van der Waals surface area contributed by atoms with Gasteiger partial charge in [-0.2, -0.15) is 0 Å². The molecule has 3 heterocycles. The number of para-hydroxylation sites is 1. The zero-order chi connectivity index (χ0) is 61.0. The van der Waals surface area contributed by atoms with E-state index < -0.39 is 0 Å². The second-order valence-corrected chi connectivity index (χ2v) is 30.2. The normalized spacial score (nSPS) is 18.4. The lowest BCUT2D eigenvalue weighted by atomic mass is 9.33. The summed E-state index contributed by atoms with van der Waals surface area (Å²) < 4.78 is 6.50. The molecule has 91 heavy (non-hydrogen) atoms. The summed E-state index contributed by atoms with van der Waals surface area (Å²) in [6, 6.07) is 64.1. The van der Waals surface area contributed by atoms with Gasteiger partial charge >= 0.3 is 0 Å². The molecule has 5 heteroatoms. The average Bonchev–Trinajstić information content (AvgIpc) is 1.03. The standard InChI is InChI=1S/C86H90BN3O/c1-85(2)43-44-86(3,4)75-54-72(41-42-74(75)85)88(69-40-37-65-45-68(34-33-66(65)48-69)83-53-67-31-21-22-32-82(67)91-83)73-55-80-84-81(56-73)90(71-39-36-58-24-14-6-8-16-26-60(58)47-71)79-52-64-30-20-12-10-18-28-62(64)50-77(79)87(84)76-49-61-27-17-9-11-19-29-63(61)51-78(76)89(80)70-38-35-57-23-13-5-7-15-25-59(57)46-70/h21-22,31-42,45-56H,5-20,23-30,43-44H2,1-4H3. The van der Waals surface area contributed by atoms with Crippen molar-refractivity contribution in [2.75, 3.05) is 14.7 Å². The minimum atomic E-state index is 0.0157. The molecule has 0 bridgehead atoms. The maximum absolute atomic E-state index is 6.50. The first-order valence-corrected chi connectivity index (χ1v) is 35.9. The van der Waals surface area contributed by atoms with Crippen LogP contribution in [-0.2, 0) is 62.2 Å². The number of anilines is 9. The summed E-state index contributed by atoms with van der Waals surface area (Å²) in [6.45, 7) is 9.99. The Labute approximate surface area is 542 Å². The van der Waals surface area contributed by atoms with E-state index in [-0.39, 0.29) is 17.5 Å². The Hall–Kier alpha value is -7.76. The molecule has 10 aromatic rings. The van der Waals surface area contributed by atoms with Crippen LogP contribution in [-0.4, -0.2) is 6.71 Å². The van der Waals surface area contributed by atoms with Crippen LogP contribution in [0.1, 0.15) is 199 Å². The molecule has 0 amide bonds. The van der Waals surface area contributed by atoms with E-state index >= 15 is 0 Å². The number of furan rings is 1. The number of fused-ring (bicyclic) bond motifs is 11. The molecule has 17 rings (SSSR count). The SMILES string of the molecule is CC1(C)CCC(C)(C)c2cc(N(c3cc4c5c(c3)N(c3ccc6c(c3)CCCCCC6)c3cc6c(cc3B5c3cc5c(cc3N4c3ccc4c(c3)CCCCCC4)CCCCCC5)CCCCCC6)c3ccc4cc(-c5cc6ccccc6o5)ccc4c3)ccc21. The van der Waals surface area contributed by atoms with E-state index in [4.69, 9.17) is 4.42 Å². The smallest absolute Gasteiger partial charge is 0.252 e. The van der Waals surface area contributed by atoms with Crippen molar-refractivity contribution in [2.45, 2.75) is 205 Å². The number of aryl methyl sites for hydroxylation is 8. The van der Waals surface area contributed by atoms with Gasteiger partial charge in [-0.1, -0.05) is 146 Å². The van der Waals surface area contributed by atoms with Crippen LogP contribution in [0.5, 0.6) is 0 Å². The molecular formula is C86H90BN3O. The van der Waals surface area contributed by atoms with E-state index in [2.05, 4.69) is 200 Å². The summed E-state index contributed by atoms with van der Waals surface area (Å²) in [5.41, 5.74) is 33.6. The van der Waals surface area contributed by atoms with Crippen molar-refractivity contribution in [1.82, 2.24) is 0 Å². The van der Waals surface area contributed by atoms with Crippen molar-refractivity contribution in [1.29, 1.82) is 0 Å². The van der Waals surface area contributed by atoms with Crippen LogP contribution in [0.4, 0.5) is 51.2 Å². The fourth-order valence-corrected chi connectivity index (χ4v) is 18.1. The predicted octanol–water partition coefficient (Wildman–Crippen LogP) is 21.8. The van der Waals surface area contributed by atoms with E-state index in [1.807, 2.05) is 0 Å². The van der Waals surface area contributed by atoms with Gasteiger partial charge in [0.2, 0.25) is 0 Å². The summed E-state index contributed by atoms with van der Waals surface area (Å²) in [7, 11) is 0. The molecule has 7 aliphatic rings. The summed E-state index contributed by atoms with van der Waals surface area (Å²) in [5, 5.41) is 3.54. The van der Waals surface area contributed by atoms with Crippen molar-refractivity contribution in [2.24, 2.45) is 0 Å². The van der Waals surface area contributed by atoms with Crippen molar-refractivity contribution in [3.8, 4) is 11.3 Å². The number of rotatable bonds is 6. The van der Waals surface area contributed by atoms with Gasteiger partial charge in [-0.3, -0.25) is 0 Å². The van der Waals surface area contributed by atoms with Crippen molar-refractivity contribution in [3.05, 3.63) is 213 Å². The van der Waals surface area contributed by atoms with Crippen LogP contribution in [0.15, 0.2) is 162 Å². The first kappa shape index (κ1) is 57.2. The van der Waals surface area contributed by atoms with E-state index in [1.165, 1.54) is 206 Å². The minimum absolute atomic E-state index is 0.0157. The molecular weight excluding hydrogens is 1100 g/mol. The van der Waals surface area contributed by atoms with Gasteiger partial charge in [0, 0.05) is 56.4 Å². The van der Waals surface area contributed by atoms with Crippen LogP contribution in [0.3, 0.4) is 0 Å². The predicted molar refractivity (Wildman–Crippen MR) is 387 cm³/mol. The molecule has 2 aliphatic heterocycles. The third-order valence-electron chi connectivity index (χ3n) is 23.3. The quantitative estimate of drug-likeness (QED) is 0.155. The zero-order valence-corrected chi connectivity index (χ0v) is 54.7. The second kappa shape index (κ2) is 23.1. The second-order valence-electron chi connectivity index (χ2n) is 30.2. The Bertz CT molecular complexity index is 4310. The molecule has 9 aromatic carbocycles. The van der Waals surface area contributed by atoms with E-state index in [9.17, 15) is 0 Å². The van der Waals surface area contributed by atoms with Crippen molar-refractivity contribution in [3.63, 3.8) is 0 Å². The maximum atomic E-state index is 6.50. The van der Waals surface area contributed by atoms with Crippen LogP contribution in [0.25, 0.3) is 33.1 Å². The highest BCUT2D eigenvalue weighted by atomic mass is 16.3. The monoisotopic (exact) mass is 1190 g/mol. The third-order valence-corrected chi connectivity index (χ3v) is 23.3. The van der Waals surface area contributed by atoms with Gasteiger partial charge in [0.1, 0.15) is 11.3 Å². The maximum Gasteiger partial charge on any atom is 0.252 e. The molecule has 1 aromatic heterocycles. The van der Waals surface area contributed by atoms with Crippen LogP contribution < -0.4 is 31.1 Å². The van der Waals surface area contributed by atoms with Gasteiger partial charge in [0.05, 0.1) is 5.69 Å². The van der Waals surface area contributed by atoms with Gasteiger partial charge in [-0.15, -0.1) is 0 Å². The lowest BCUT2D eigenvalue weighted by Gasteiger charge is -2.46. The Morgan fingerprint density at radius 3 is 1.36 bits per heavy atom. The fourth-order valence-electron chi connectivity index (χ4n) is 18.1. The molecule has 0 fully saturated rings. The number of hydrogen-bond donors (Lipinski definition) is 0. The Morgan fingerprint density at radius 2 is 0.813 bits per heavy atom. The Kier molecular flexibility index (Phi) is 14.5. The highest BCUT2D eigenvalue weighted by Crippen LogP contribution is 2.53. The van der Waals surface area contributed by atoms with Crippen LogP contribution in [0.2, 0.25) is 0 Å². The molecule has 0 radical (unpaired) electrons. The van der Waals surface area contributed by atoms with Gasteiger partial charge < -0.3 is 19.1 Å². The average molecular weight is 1190 g/mol. The minimum Gasteiger partial charge on any atom is -0.456 e. The summed E-state index contributed by atoms with van der Waals surface area (Å²) >= 11 is 0. The van der Waals surface area contributed by atoms with Crippen LogP contribution in [0, 0.1) is 0 Å².